The van der Waals surface area contributed by atoms with Crippen molar-refractivity contribution in [3.05, 3.63) is 22.8 Å². The molecular formula is C12H18BrN5O2S. The van der Waals surface area contributed by atoms with Gasteiger partial charge in [-0.25, -0.2) is 17.2 Å². The van der Waals surface area contributed by atoms with Crippen molar-refractivity contribution in [2.75, 3.05) is 31.2 Å². The van der Waals surface area contributed by atoms with Crippen molar-refractivity contribution in [2.45, 2.75) is 13.3 Å². The fourth-order valence-electron chi connectivity index (χ4n) is 1.95. The smallest absolute Gasteiger partial charge is 0.243 e. The monoisotopic (exact) mass is 375 g/mol. The largest absolute Gasteiger partial charge is 0.353 e. The molecule has 1 N–H and O–H groups in total. The van der Waals surface area contributed by atoms with E-state index in [9.17, 15) is 8.42 Å². The summed E-state index contributed by atoms with van der Waals surface area (Å²) in [5, 5.41) is 7.40. The van der Waals surface area contributed by atoms with E-state index in [0.29, 0.717) is 32.0 Å². The topological polar surface area (TPSA) is 79.6 Å². The van der Waals surface area contributed by atoms with Crippen LogP contribution in [0.3, 0.4) is 0 Å². The van der Waals surface area contributed by atoms with E-state index in [1.165, 1.54) is 10.6 Å². The zero-order chi connectivity index (χ0) is 15.5. The van der Waals surface area contributed by atoms with Gasteiger partial charge < -0.3 is 5.32 Å². The van der Waals surface area contributed by atoms with Crippen LogP contribution in [0.25, 0.3) is 5.65 Å². The van der Waals surface area contributed by atoms with Crippen LogP contribution in [0.2, 0.25) is 0 Å². The highest BCUT2D eigenvalue weighted by Crippen LogP contribution is 2.12. The molecule has 0 aliphatic carbocycles. The van der Waals surface area contributed by atoms with Crippen LogP contribution >= 0.6 is 15.9 Å². The molecule has 2 heterocycles. The Morgan fingerprint density at radius 2 is 2.19 bits per heavy atom. The van der Waals surface area contributed by atoms with Gasteiger partial charge >= 0.3 is 0 Å². The quantitative estimate of drug-likeness (QED) is 0.743. The molecule has 0 unspecified atom stereocenters. The summed E-state index contributed by atoms with van der Waals surface area (Å²) in [7, 11) is -3.12. The minimum absolute atomic E-state index is 0.486. The van der Waals surface area contributed by atoms with E-state index >= 15 is 0 Å². The Kier molecular flexibility index (Phi) is 5.17. The van der Waals surface area contributed by atoms with Crippen molar-refractivity contribution in [3.8, 4) is 0 Å². The first-order valence-electron chi connectivity index (χ1n) is 6.61. The molecule has 0 saturated carbocycles. The predicted octanol–water partition coefficient (Wildman–Crippen LogP) is 1.58. The molecule has 2 rings (SSSR count). The molecule has 0 aromatic carbocycles. The molecule has 0 fully saturated rings. The standard InChI is InChI=1S/C12H18BrN5O2S/c1-3-17(21(2,19)20)8-4-7-14-12-15-11-6-5-10(13)9-18(11)16-12/h5-6,9H,3-4,7-8H2,1-2H3,(H,14,16). The number of hydrogen-bond donors (Lipinski definition) is 1. The Morgan fingerprint density at radius 3 is 2.86 bits per heavy atom. The molecule has 2 aromatic heterocycles. The van der Waals surface area contributed by atoms with E-state index in [-0.39, 0.29) is 0 Å². The summed E-state index contributed by atoms with van der Waals surface area (Å²) in [5.41, 5.74) is 0.757. The van der Waals surface area contributed by atoms with E-state index in [4.69, 9.17) is 0 Å². The van der Waals surface area contributed by atoms with E-state index in [2.05, 4.69) is 31.3 Å². The SMILES string of the molecule is CCN(CCCNc1nc2ccc(Br)cn2n1)S(C)(=O)=O. The van der Waals surface area contributed by atoms with Crippen molar-refractivity contribution in [1.29, 1.82) is 0 Å². The fraction of sp³-hybridized carbons (Fsp3) is 0.500. The number of hydrogen-bond acceptors (Lipinski definition) is 5. The second-order valence-corrected chi connectivity index (χ2v) is 7.52. The molecule has 9 heteroatoms. The van der Waals surface area contributed by atoms with Crippen molar-refractivity contribution < 1.29 is 8.42 Å². The van der Waals surface area contributed by atoms with Crippen molar-refractivity contribution in [1.82, 2.24) is 18.9 Å². The molecule has 2 aromatic rings. The van der Waals surface area contributed by atoms with Crippen LogP contribution in [-0.2, 0) is 10.0 Å². The van der Waals surface area contributed by atoms with Gasteiger partial charge in [-0.15, -0.1) is 5.10 Å². The van der Waals surface area contributed by atoms with Gasteiger partial charge in [0.05, 0.1) is 6.26 Å². The van der Waals surface area contributed by atoms with Gasteiger partial charge in [0.1, 0.15) is 0 Å². The van der Waals surface area contributed by atoms with Gasteiger partial charge in [-0.3, -0.25) is 0 Å². The van der Waals surface area contributed by atoms with Gasteiger partial charge in [-0.1, -0.05) is 6.92 Å². The molecule has 0 radical (unpaired) electrons. The third kappa shape index (κ3) is 4.39. The third-order valence-corrected chi connectivity index (χ3v) is 4.83. The summed E-state index contributed by atoms with van der Waals surface area (Å²) in [6.07, 6.45) is 3.75. The highest BCUT2D eigenvalue weighted by Gasteiger charge is 2.13. The van der Waals surface area contributed by atoms with Crippen LogP contribution in [0.4, 0.5) is 5.95 Å². The van der Waals surface area contributed by atoms with Gasteiger partial charge in [0, 0.05) is 30.3 Å². The van der Waals surface area contributed by atoms with Gasteiger partial charge in [0.25, 0.3) is 0 Å². The molecule has 0 amide bonds. The summed E-state index contributed by atoms with van der Waals surface area (Å²) in [6.45, 7) is 3.42. The number of anilines is 1. The maximum absolute atomic E-state index is 11.4. The lowest BCUT2D eigenvalue weighted by molar-refractivity contribution is 0.428. The molecule has 7 nitrogen and oxygen atoms in total. The van der Waals surface area contributed by atoms with Crippen molar-refractivity contribution in [2.24, 2.45) is 0 Å². The predicted molar refractivity (Wildman–Crippen MR) is 85.9 cm³/mol. The second kappa shape index (κ2) is 6.71. The van der Waals surface area contributed by atoms with Crippen LogP contribution in [0.15, 0.2) is 22.8 Å². The van der Waals surface area contributed by atoms with Gasteiger partial charge in [0.2, 0.25) is 16.0 Å². The molecular weight excluding hydrogens is 358 g/mol. The van der Waals surface area contributed by atoms with Gasteiger partial charge in [-0.2, -0.15) is 4.98 Å². The lowest BCUT2D eigenvalue weighted by Crippen LogP contribution is -2.31. The number of nitrogens with one attached hydrogen (secondary N) is 1. The zero-order valence-electron chi connectivity index (χ0n) is 12.0. The number of sulfonamides is 1. The summed E-state index contributed by atoms with van der Waals surface area (Å²) in [4.78, 5) is 4.33. The van der Waals surface area contributed by atoms with Gasteiger partial charge in [0.15, 0.2) is 5.65 Å². The Balaban J connectivity index is 1.88. The van der Waals surface area contributed by atoms with Crippen molar-refractivity contribution in [3.63, 3.8) is 0 Å². The van der Waals surface area contributed by atoms with Crippen LogP contribution in [0.1, 0.15) is 13.3 Å². The van der Waals surface area contributed by atoms with E-state index in [1.807, 2.05) is 25.3 Å². The van der Waals surface area contributed by atoms with E-state index in [0.717, 1.165) is 10.1 Å². The Labute approximate surface area is 132 Å². The number of aromatic nitrogens is 3. The lowest BCUT2D eigenvalue weighted by Gasteiger charge is -2.17. The number of pyridine rings is 1. The Bertz CT molecular complexity index is 716. The summed E-state index contributed by atoms with van der Waals surface area (Å²) < 4.78 is 27.0. The van der Waals surface area contributed by atoms with Crippen LogP contribution in [0.5, 0.6) is 0 Å². The first-order valence-corrected chi connectivity index (χ1v) is 9.25. The Morgan fingerprint density at radius 1 is 1.43 bits per heavy atom. The normalized spacial score (nSPS) is 12.2. The molecule has 116 valence electrons. The molecule has 0 bridgehead atoms. The maximum Gasteiger partial charge on any atom is 0.243 e. The molecule has 0 aliphatic heterocycles. The van der Waals surface area contributed by atoms with Gasteiger partial charge in [-0.05, 0) is 34.5 Å². The number of halogens is 1. The summed E-state index contributed by atoms with van der Waals surface area (Å²) in [5.74, 6) is 0.538. The maximum atomic E-state index is 11.4. The summed E-state index contributed by atoms with van der Waals surface area (Å²) >= 11 is 3.38. The van der Waals surface area contributed by atoms with Crippen LogP contribution in [0, 0.1) is 0 Å². The average molecular weight is 376 g/mol. The third-order valence-electron chi connectivity index (χ3n) is 2.98. The summed E-state index contributed by atoms with van der Waals surface area (Å²) in [6, 6.07) is 3.77. The molecule has 0 saturated heterocycles. The van der Waals surface area contributed by atoms with Crippen molar-refractivity contribution >= 4 is 37.5 Å². The van der Waals surface area contributed by atoms with E-state index in [1.54, 1.807) is 4.52 Å². The van der Waals surface area contributed by atoms with Crippen LogP contribution < -0.4 is 5.32 Å². The Hall–Kier alpha value is -1.19. The first kappa shape index (κ1) is 16.2. The minimum Gasteiger partial charge on any atom is -0.353 e. The number of rotatable bonds is 7. The minimum atomic E-state index is -3.12. The second-order valence-electron chi connectivity index (χ2n) is 4.62. The fourth-order valence-corrected chi connectivity index (χ4v) is 3.20. The first-order chi connectivity index (χ1) is 9.90. The lowest BCUT2D eigenvalue weighted by atomic mass is 10.4. The highest BCUT2D eigenvalue weighted by molar-refractivity contribution is 9.10. The highest BCUT2D eigenvalue weighted by atomic mass is 79.9. The number of nitrogens with zero attached hydrogens (tertiary/aromatic N) is 4. The zero-order valence-corrected chi connectivity index (χ0v) is 14.4. The number of fused-ring (bicyclic) bond motifs is 1. The molecule has 21 heavy (non-hydrogen) atoms. The molecule has 0 spiro atoms. The van der Waals surface area contributed by atoms with E-state index < -0.39 is 10.0 Å². The molecule has 0 atom stereocenters. The average Bonchev–Trinajstić information content (AvgIpc) is 2.79. The molecule has 0 aliphatic rings. The van der Waals surface area contributed by atoms with Crippen LogP contribution in [-0.4, -0.2) is 53.2 Å².